The van der Waals surface area contributed by atoms with Crippen molar-refractivity contribution in [3.05, 3.63) is 35.4 Å². The number of hydrogen-bond acceptors (Lipinski definition) is 3. The summed E-state index contributed by atoms with van der Waals surface area (Å²) in [6.45, 7) is 8.29. The molecule has 23 heavy (non-hydrogen) atoms. The third kappa shape index (κ3) is 2.77. The van der Waals surface area contributed by atoms with E-state index in [9.17, 15) is 9.90 Å². The van der Waals surface area contributed by atoms with Crippen molar-refractivity contribution >= 4 is 5.78 Å². The maximum absolute atomic E-state index is 12.0. The molecule has 3 heteroatoms. The quantitative estimate of drug-likeness (QED) is 0.805. The Balaban J connectivity index is 2.09. The van der Waals surface area contributed by atoms with Crippen LogP contribution in [0.5, 0.6) is 11.5 Å². The number of Topliss-reactive ketones (excluding diaryl/α,β-unsaturated/α-hetero) is 1. The average Bonchev–Trinajstić information content (AvgIpc) is 2.45. The number of phenolic OH excluding ortho intramolecular Hbond substituents is 1. The number of ketones is 1. The molecular weight excluding hydrogens is 288 g/mol. The van der Waals surface area contributed by atoms with Crippen LogP contribution in [-0.2, 0) is 4.79 Å². The number of aromatic hydroxyl groups is 1. The lowest BCUT2D eigenvalue weighted by Crippen LogP contribution is -2.47. The van der Waals surface area contributed by atoms with Gasteiger partial charge in [-0.25, -0.2) is 0 Å². The maximum Gasteiger partial charge on any atom is 0.133 e. The minimum absolute atomic E-state index is 0.0704. The zero-order valence-corrected chi connectivity index (χ0v) is 14.4. The van der Waals surface area contributed by atoms with Gasteiger partial charge < -0.3 is 9.84 Å². The van der Waals surface area contributed by atoms with Crippen LogP contribution in [-0.4, -0.2) is 16.5 Å². The lowest BCUT2D eigenvalue weighted by atomic mass is 9.66. The smallest absolute Gasteiger partial charge is 0.133 e. The maximum atomic E-state index is 12.0. The number of carbonyl (C=O) groups is 1. The van der Waals surface area contributed by atoms with E-state index in [-0.39, 0.29) is 29.1 Å². The van der Waals surface area contributed by atoms with Crippen molar-refractivity contribution in [2.24, 2.45) is 5.92 Å². The van der Waals surface area contributed by atoms with E-state index in [0.29, 0.717) is 18.6 Å². The molecule has 0 spiro atoms. The molecule has 3 unspecified atom stereocenters. The minimum Gasteiger partial charge on any atom is -0.508 e. The van der Waals surface area contributed by atoms with Gasteiger partial charge in [0.05, 0.1) is 0 Å². The monoisotopic (exact) mass is 314 g/mol. The van der Waals surface area contributed by atoms with Crippen molar-refractivity contribution in [2.45, 2.75) is 64.4 Å². The molecule has 2 aliphatic rings. The van der Waals surface area contributed by atoms with E-state index in [1.165, 1.54) is 0 Å². The van der Waals surface area contributed by atoms with Crippen molar-refractivity contribution in [1.82, 2.24) is 0 Å². The van der Waals surface area contributed by atoms with Gasteiger partial charge in [-0.2, -0.15) is 0 Å². The van der Waals surface area contributed by atoms with Crippen LogP contribution in [0.15, 0.2) is 24.3 Å². The van der Waals surface area contributed by atoms with E-state index in [1.807, 2.05) is 25.1 Å². The first-order valence-corrected chi connectivity index (χ1v) is 8.54. The van der Waals surface area contributed by atoms with E-state index in [0.717, 1.165) is 23.3 Å². The number of allylic oxidation sites excluding steroid dienone is 2. The summed E-state index contributed by atoms with van der Waals surface area (Å²) >= 11 is 0. The molecular formula is C20H26O3. The van der Waals surface area contributed by atoms with Gasteiger partial charge >= 0.3 is 0 Å². The lowest BCUT2D eigenvalue weighted by Gasteiger charge is -2.47. The molecule has 0 saturated heterocycles. The van der Waals surface area contributed by atoms with Crippen molar-refractivity contribution in [2.75, 3.05) is 0 Å². The van der Waals surface area contributed by atoms with Gasteiger partial charge in [0.15, 0.2) is 0 Å². The lowest BCUT2D eigenvalue weighted by molar-refractivity contribution is -0.124. The Morgan fingerprint density at radius 2 is 2.13 bits per heavy atom. The van der Waals surface area contributed by atoms with Crippen LogP contribution in [0.1, 0.15) is 69.9 Å². The molecule has 1 saturated carbocycles. The molecule has 0 aromatic heterocycles. The van der Waals surface area contributed by atoms with E-state index in [4.69, 9.17) is 4.74 Å². The van der Waals surface area contributed by atoms with E-state index < -0.39 is 0 Å². The average molecular weight is 314 g/mol. The molecule has 0 bridgehead atoms. The summed E-state index contributed by atoms with van der Waals surface area (Å²) in [7, 11) is 0. The summed E-state index contributed by atoms with van der Waals surface area (Å²) in [6.07, 6.45) is 6.10. The fraction of sp³-hybridized carbons (Fsp3) is 0.550. The predicted octanol–water partition coefficient (Wildman–Crippen LogP) is 4.70. The zero-order valence-electron chi connectivity index (χ0n) is 14.4. The highest BCUT2D eigenvalue weighted by Gasteiger charge is 2.47. The highest BCUT2D eigenvalue weighted by molar-refractivity contribution is 5.81. The van der Waals surface area contributed by atoms with Crippen molar-refractivity contribution < 1.29 is 14.6 Å². The molecule has 124 valence electrons. The summed E-state index contributed by atoms with van der Waals surface area (Å²) < 4.78 is 6.28. The zero-order chi connectivity index (χ0) is 16.8. The van der Waals surface area contributed by atoms with Crippen LogP contribution >= 0.6 is 0 Å². The van der Waals surface area contributed by atoms with Gasteiger partial charge in [-0.15, -0.1) is 0 Å². The Hall–Kier alpha value is -1.77. The predicted molar refractivity (Wildman–Crippen MR) is 91.1 cm³/mol. The topological polar surface area (TPSA) is 46.5 Å². The van der Waals surface area contributed by atoms with Gasteiger partial charge in [-0.3, -0.25) is 4.79 Å². The summed E-state index contributed by atoms with van der Waals surface area (Å²) in [5, 5.41) is 10.6. The number of ether oxygens (including phenoxy) is 1. The minimum atomic E-state index is -0.312. The number of benzene rings is 1. The van der Waals surface area contributed by atoms with Crippen molar-refractivity contribution in [3.8, 4) is 11.5 Å². The first-order chi connectivity index (χ1) is 10.8. The van der Waals surface area contributed by atoms with Crippen LogP contribution in [0.3, 0.4) is 0 Å². The largest absolute Gasteiger partial charge is 0.508 e. The highest BCUT2D eigenvalue weighted by Crippen LogP contribution is 2.54. The number of rotatable bonds is 2. The fourth-order valence-electron chi connectivity index (χ4n) is 4.25. The second-order valence-electron chi connectivity index (χ2n) is 7.47. The van der Waals surface area contributed by atoms with Crippen LogP contribution in [0.25, 0.3) is 0 Å². The first-order valence-electron chi connectivity index (χ1n) is 8.54. The second kappa shape index (κ2) is 5.70. The number of fused-ring (bicyclic) bond motifs is 3. The molecule has 3 rings (SSSR count). The first kappa shape index (κ1) is 16.1. The SMILES string of the molecule is CC=CC(C)c1cc(O)c2c(c1)OC(C)(C)C1CCC(=O)CC21. The van der Waals surface area contributed by atoms with E-state index in [1.54, 1.807) is 0 Å². The fourth-order valence-corrected chi connectivity index (χ4v) is 4.25. The molecule has 1 aliphatic heterocycles. The van der Waals surface area contributed by atoms with Gasteiger partial charge in [0.1, 0.15) is 22.9 Å². The molecule has 1 aromatic rings. The summed E-state index contributed by atoms with van der Waals surface area (Å²) in [5.41, 5.74) is 1.56. The molecule has 1 heterocycles. The Labute approximate surface area is 138 Å². The summed E-state index contributed by atoms with van der Waals surface area (Å²) in [6, 6.07) is 3.87. The Bertz CT molecular complexity index is 657. The molecule has 1 fully saturated rings. The van der Waals surface area contributed by atoms with Gasteiger partial charge in [0.25, 0.3) is 0 Å². The number of carbonyl (C=O) groups excluding carboxylic acids is 1. The van der Waals surface area contributed by atoms with Crippen LogP contribution in [0.4, 0.5) is 0 Å². The Morgan fingerprint density at radius 1 is 1.39 bits per heavy atom. The molecule has 1 aromatic carbocycles. The Morgan fingerprint density at radius 3 is 2.83 bits per heavy atom. The molecule has 1 N–H and O–H groups in total. The molecule has 1 aliphatic carbocycles. The normalized spacial score (nSPS) is 27.2. The second-order valence-corrected chi connectivity index (χ2v) is 7.47. The standard InChI is InChI=1S/C20H26O3/c1-5-6-12(2)13-9-17(22)19-15-11-14(21)7-8-16(15)20(3,4)23-18(19)10-13/h5-6,9-10,12,15-16,22H,7-8,11H2,1-4H3. The molecule has 3 atom stereocenters. The van der Waals surface area contributed by atoms with Gasteiger partial charge in [-0.1, -0.05) is 19.1 Å². The van der Waals surface area contributed by atoms with Gasteiger partial charge in [0, 0.05) is 30.2 Å². The Kier molecular flexibility index (Phi) is 3.99. The molecule has 0 radical (unpaired) electrons. The molecule has 0 amide bonds. The third-order valence-corrected chi connectivity index (χ3v) is 5.45. The number of hydrogen-bond donors (Lipinski definition) is 1. The summed E-state index contributed by atoms with van der Waals surface area (Å²) in [4.78, 5) is 12.0. The van der Waals surface area contributed by atoms with Crippen molar-refractivity contribution in [3.63, 3.8) is 0 Å². The highest BCUT2D eigenvalue weighted by atomic mass is 16.5. The van der Waals surface area contributed by atoms with E-state index in [2.05, 4.69) is 26.8 Å². The van der Waals surface area contributed by atoms with Gasteiger partial charge in [0.2, 0.25) is 0 Å². The molecule has 3 nitrogen and oxygen atoms in total. The van der Waals surface area contributed by atoms with E-state index >= 15 is 0 Å². The van der Waals surface area contributed by atoms with Crippen LogP contribution < -0.4 is 4.74 Å². The third-order valence-electron chi connectivity index (χ3n) is 5.45. The van der Waals surface area contributed by atoms with Crippen LogP contribution in [0.2, 0.25) is 0 Å². The van der Waals surface area contributed by atoms with Crippen LogP contribution in [0, 0.1) is 5.92 Å². The van der Waals surface area contributed by atoms with Crippen molar-refractivity contribution in [1.29, 1.82) is 0 Å². The number of phenols is 1. The summed E-state index contributed by atoms with van der Waals surface area (Å²) in [5.74, 6) is 1.87. The van der Waals surface area contributed by atoms with Gasteiger partial charge in [-0.05, 0) is 50.8 Å².